The van der Waals surface area contributed by atoms with Gasteiger partial charge in [0.25, 0.3) is 0 Å². The lowest BCUT2D eigenvalue weighted by Crippen LogP contribution is -2.40. The summed E-state index contributed by atoms with van der Waals surface area (Å²) in [7, 11) is 0. The van der Waals surface area contributed by atoms with E-state index in [-0.39, 0.29) is 5.82 Å². The van der Waals surface area contributed by atoms with Crippen LogP contribution in [0, 0.1) is 5.82 Å². The minimum atomic E-state index is -0.560. The minimum absolute atomic E-state index is 0.277. The van der Waals surface area contributed by atoms with Crippen molar-refractivity contribution < 1.29 is 9.50 Å². The summed E-state index contributed by atoms with van der Waals surface area (Å²) >= 11 is 0. The molecule has 0 spiro atoms. The molecule has 2 nitrogen and oxygen atoms in total. The molecule has 0 radical (unpaired) electrons. The molecule has 1 aromatic carbocycles. The fourth-order valence-corrected chi connectivity index (χ4v) is 2.99. The quantitative estimate of drug-likeness (QED) is 0.880. The zero-order valence-electron chi connectivity index (χ0n) is 11.7. The second-order valence-electron chi connectivity index (χ2n) is 5.45. The van der Waals surface area contributed by atoms with Gasteiger partial charge >= 0.3 is 0 Å². The SMILES string of the molecule is CCC1CCCCN1CCC(O)c1cccc(F)c1. The molecule has 0 bridgehead atoms. The Hall–Kier alpha value is -0.930. The maximum atomic E-state index is 13.1. The summed E-state index contributed by atoms with van der Waals surface area (Å²) in [6, 6.07) is 6.95. The van der Waals surface area contributed by atoms with E-state index in [0.717, 1.165) is 13.1 Å². The summed E-state index contributed by atoms with van der Waals surface area (Å²) in [6.07, 6.45) is 5.14. The van der Waals surface area contributed by atoms with Crippen molar-refractivity contribution in [2.45, 2.75) is 51.2 Å². The summed E-state index contributed by atoms with van der Waals surface area (Å²) in [5.74, 6) is -0.277. The molecule has 1 saturated heterocycles. The Morgan fingerprint density at radius 1 is 1.42 bits per heavy atom. The van der Waals surface area contributed by atoms with Crippen LogP contribution in [0.4, 0.5) is 4.39 Å². The molecule has 106 valence electrons. The highest BCUT2D eigenvalue weighted by atomic mass is 19.1. The average Bonchev–Trinajstić information content (AvgIpc) is 2.45. The highest BCUT2D eigenvalue weighted by Gasteiger charge is 2.21. The topological polar surface area (TPSA) is 23.5 Å². The molecular formula is C16H24FNO. The van der Waals surface area contributed by atoms with Gasteiger partial charge in [0, 0.05) is 12.6 Å². The first-order chi connectivity index (χ1) is 9.20. The Morgan fingerprint density at radius 3 is 3.00 bits per heavy atom. The lowest BCUT2D eigenvalue weighted by molar-refractivity contribution is 0.101. The minimum Gasteiger partial charge on any atom is -0.388 e. The maximum Gasteiger partial charge on any atom is 0.123 e. The van der Waals surface area contributed by atoms with Gasteiger partial charge in [-0.2, -0.15) is 0 Å². The Kier molecular flexibility index (Phi) is 5.34. The molecule has 0 saturated carbocycles. The van der Waals surface area contributed by atoms with E-state index in [1.54, 1.807) is 12.1 Å². The third-order valence-electron chi connectivity index (χ3n) is 4.14. The zero-order valence-corrected chi connectivity index (χ0v) is 11.7. The van der Waals surface area contributed by atoms with Gasteiger partial charge in [-0.15, -0.1) is 0 Å². The first-order valence-corrected chi connectivity index (χ1v) is 7.38. The number of likely N-dealkylation sites (tertiary alicyclic amines) is 1. The van der Waals surface area contributed by atoms with E-state index >= 15 is 0 Å². The number of benzene rings is 1. The van der Waals surface area contributed by atoms with Gasteiger partial charge in [0.2, 0.25) is 0 Å². The van der Waals surface area contributed by atoms with Crippen LogP contribution in [0.15, 0.2) is 24.3 Å². The molecule has 0 aromatic heterocycles. The molecule has 0 aliphatic carbocycles. The predicted octanol–water partition coefficient (Wildman–Crippen LogP) is 3.51. The van der Waals surface area contributed by atoms with Crippen LogP contribution in [-0.4, -0.2) is 29.1 Å². The molecule has 1 N–H and O–H groups in total. The highest BCUT2D eigenvalue weighted by Crippen LogP contribution is 2.23. The highest BCUT2D eigenvalue weighted by molar-refractivity contribution is 5.18. The van der Waals surface area contributed by atoms with Gasteiger partial charge in [-0.25, -0.2) is 4.39 Å². The van der Waals surface area contributed by atoms with Gasteiger partial charge in [-0.05, 0) is 49.9 Å². The molecule has 1 fully saturated rings. The molecule has 3 heteroatoms. The van der Waals surface area contributed by atoms with Gasteiger partial charge in [0.05, 0.1) is 6.10 Å². The largest absolute Gasteiger partial charge is 0.388 e. The molecule has 1 heterocycles. The Morgan fingerprint density at radius 2 is 2.26 bits per heavy atom. The van der Waals surface area contributed by atoms with Crippen LogP contribution >= 0.6 is 0 Å². The third-order valence-corrected chi connectivity index (χ3v) is 4.14. The summed E-state index contributed by atoms with van der Waals surface area (Å²) in [4.78, 5) is 2.48. The van der Waals surface area contributed by atoms with E-state index in [9.17, 15) is 9.50 Å². The van der Waals surface area contributed by atoms with Crippen molar-refractivity contribution >= 4 is 0 Å². The monoisotopic (exact) mass is 265 g/mol. The van der Waals surface area contributed by atoms with Crippen LogP contribution in [0.5, 0.6) is 0 Å². The summed E-state index contributed by atoms with van der Waals surface area (Å²) in [5.41, 5.74) is 0.685. The maximum absolute atomic E-state index is 13.1. The third kappa shape index (κ3) is 4.02. The second-order valence-corrected chi connectivity index (χ2v) is 5.45. The number of rotatable bonds is 5. The van der Waals surface area contributed by atoms with Crippen molar-refractivity contribution in [3.05, 3.63) is 35.6 Å². The summed E-state index contributed by atoms with van der Waals surface area (Å²) in [6.45, 7) is 4.26. The summed E-state index contributed by atoms with van der Waals surface area (Å²) < 4.78 is 13.1. The first kappa shape index (κ1) is 14.5. The van der Waals surface area contributed by atoms with Crippen LogP contribution in [0.3, 0.4) is 0 Å². The van der Waals surface area contributed by atoms with Crippen molar-refractivity contribution in [2.75, 3.05) is 13.1 Å². The number of aliphatic hydroxyl groups excluding tert-OH is 1. The number of nitrogens with zero attached hydrogens (tertiary/aromatic N) is 1. The van der Waals surface area contributed by atoms with E-state index in [4.69, 9.17) is 0 Å². The average molecular weight is 265 g/mol. The van der Waals surface area contributed by atoms with Crippen LogP contribution in [-0.2, 0) is 0 Å². The summed E-state index contributed by atoms with van der Waals surface area (Å²) in [5, 5.41) is 10.1. The Labute approximate surface area is 115 Å². The van der Waals surface area contributed by atoms with Crippen LogP contribution < -0.4 is 0 Å². The standard InChI is InChI=1S/C16H24FNO/c1-2-15-8-3-4-10-18(15)11-9-16(19)13-6-5-7-14(17)12-13/h5-7,12,15-16,19H,2-4,8-11H2,1H3. The van der Waals surface area contributed by atoms with Crippen molar-refractivity contribution in [3.63, 3.8) is 0 Å². The van der Waals surface area contributed by atoms with Crippen molar-refractivity contribution in [1.82, 2.24) is 4.90 Å². The number of hydrogen-bond acceptors (Lipinski definition) is 2. The van der Waals surface area contributed by atoms with E-state index in [1.165, 1.54) is 37.8 Å². The van der Waals surface area contributed by atoms with Gasteiger partial charge in [-0.1, -0.05) is 25.5 Å². The molecule has 2 unspecified atom stereocenters. The molecule has 2 atom stereocenters. The Bertz CT molecular complexity index is 396. The van der Waals surface area contributed by atoms with E-state index in [2.05, 4.69) is 11.8 Å². The number of hydrogen-bond donors (Lipinski definition) is 1. The van der Waals surface area contributed by atoms with E-state index in [1.807, 2.05) is 0 Å². The van der Waals surface area contributed by atoms with Crippen molar-refractivity contribution in [3.8, 4) is 0 Å². The van der Waals surface area contributed by atoms with Crippen LogP contribution in [0.2, 0.25) is 0 Å². The molecule has 1 aliphatic rings. The van der Waals surface area contributed by atoms with Gasteiger partial charge < -0.3 is 10.0 Å². The fraction of sp³-hybridized carbons (Fsp3) is 0.625. The molecule has 0 amide bonds. The van der Waals surface area contributed by atoms with E-state index in [0.29, 0.717) is 18.0 Å². The Balaban J connectivity index is 1.87. The number of halogens is 1. The lowest BCUT2D eigenvalue weighted by atomic mass is 9.98. The fourth-order valence-electron chi connectivity index (χ4n) is 2.99. The van der Waals surface area contributed by atoms with E-state index < -0.39 is 6.10 Å². The van der Waals surface area contributed by atoms with Gasteiger partial charge in [0.1, 0.15) is 5.82 Å². The smallest absolute Gasteiger partial charge is 0.123 e. The second kappa shape index (κ2) is 7.01. The molecule has 1 aliphatic heterocycles. The van der Waals surface area contributed by atoms with Crippen LogP contribution in [0.25, 0.3) is 0 Å². The molecule has 2 rings (SSSR count). The predicted molar refractivity (Wildman–Crippen MR) is 75.5 cm³/mol. The lowest BCUT2D eigenvalue weighted by Gasteiger charge is -2.35. The first-order valence-electron chi connectivity index (χ1n) is 7.38. The number of piperidine rings is 1. The molecular weight excluding hydrogens is 241 g/mol. The van der Waals surface area contributed by atoms with Crippen molar-refractivity contribution in [2.24, 2.45) is 0 Å². The normalized spacial score (nSPS) is 22.4. The number of aliphatic hydroxyl groups is 1. The van der Waals surface area contributed by atoms with Gasteiger partial charge in [0.15, 0.2) is 0 Å². The molecule has 1 aromatic rings. The van der Waals surface area contributed by atoms with Gasteiger partial charge in [-0.3, -0.25) is 0 Å². The van der Waals surface area contributed by atoms with Crippen LogP contribution in [0.1, 0.15) is 50.7 Å². The zero-order chi connectivity index (χ0) is 13.7. The van der Waals surface area contributed by atoms with Crippen molar-refractivity contribution in [1.29, 1.82) is 0 Å². The molecule has 19 heavy (non-hydrogen) atoms.